The molecule has 1 aromatic carbocycles. The topological polar surface area (TPSA) is 37.4 Å². The largest absolute Gasteiger partial charge is 0.243 e. The lowest BCUT2D eigenvalue weighted by Gasteiger charge is -2.31. The number of hydrogen-bond acceptors (Lipinski definition) is 2. The van der Waals surface area contributed by atoms with Gasteiger partial charge in [-0.1, -0.05) is 24.6 Å². The third-order valence-electron chi connectivity index (χ3n) is 3.82. The normalized spacial score (nSPS) is 21.6. The molecule has 0 aliphatic carbocycles. The molecule has 1 unspecified atom stereocenters. The van der Waals surface area contributed by atoms with Crippen molar-refractivity contribution < 1.29 is 8.42 Å². The summed E-state index contributed by atoms with van der Waals surface area (Å²) in [5.74, 6) is 0.453. The van der Waals surface area contributed by atoms with E-state index in [9.17, 15) is 8.42 Å². The van der Waals surface area contributed by atoms with Crippen molar-refractivity contribution in [1.29, 1.82) is 0 Å². The summed E-state index contributed by atoms with van der Waals surface area (Å²) in [6.45, 7) is 9.20. The minimum atomic E-state index is -3.34. The van der Waals surface area contributed by atoms with Crippen LogP contribution in [0.2, 0.25) is 0 Å². The van der Waals surface area contributed by atoms with Gasteiger partial charge in [0, 0.05) is 13.1 Å². The van der Waals surface area contributed by atoms with Crippen LogP contribution >= 0.6 is 0 Å². The van der Waals surface area contributed by atoms with Gasteiger partial charge in [0.25, 0.3) is 0 Å². The standard InChI is InChI=1S/C15H23NO2S/c1-11-6-5-7-16(10-11)19(17,18)15-13(3)8-12(2)9-14(15)4/h8-9,11H,5-7,10H2,1-4H3. The summed E-state index contributed by atoms with van der Waals surface area (Å²) in [5, 5.41) is 0. The van der Waals surface area contributed by atoms with Crippen molar-refractivity contribution in [1.82, 2.24) is 4.31 Å². The first-order valence-electron chi connectivity index (χ1n) is 6.90. The van der Waals surface area contributed by atoms with E-state index in [1.54, 1.807) is 4.31 Å². The van der Waals surface area contributed by atoms with Gasteiger partial charge in [-0.05, 0) is 50.7 Å². The van der Waals surface area contributed by atoms with E-state index in [2.05, 4.69) is 6.92 Å². The number of hydrogen-bond donors (Lipinski definition) is 0. The molecule has 19 heavy (non-hydrogen) atoms. The van der Waals surface area contributed by atoms with Crippen molar-refractivity contribution in [3.63, 3.8) is 0 Å². The van der Waals surface area contributed by atoms with Gasteiger partial charge in [-0.3, -0.25) is 0 Å². The molecule has 0 spiro atoms. The Balaban J connectivity index is 2.45. The zero-order chi connectivity index (χ0) is 14.2. The van der Waals surface area contributed by atoms with Gasteiger partial charge >= 0.3 is 0 Å². The second-order valence-electron chi connectivity index (χ2n) is 5.84. The smallest absolute Gasteiger partial charge is 0.207 e. The molecule has 0 amide bonds. The van der Waals surface area contributed by atoms with E-state index in [4.69, 9.17) is 0 Å². The zero-order valence-corrected chi connectivity index (χ0v) is 13.0. The molecule has 1 saturated heterocycles. The Hall–Kier alpha value is -0.870. The zero-order valence-electron chi connectivity index (χ0n) is 12.2. The summed E-state index contributed by atoms with van der Waals surface area (Å²) in [7, 11) is -3.34. The van der Waals surface area contributed by atoms with Crippen molar-refractivity contribution >= 4 is 10.0 Å². The third kappa shape index (κ3) is 2.84. The minimum Gasteiger partial charge on any atom is -0.207 e. The summed E-state index contributed by atoms with van der Waals surface area (Å²) < 4.78 is 27.3. The quantitative estimate of drug-likeness (QED) is 0.835. The highest BCUT2D eigenvalue weighted by molar-refractivity contribution is 7.89. The van der Waals surface area contributed by atoms with Gasteiger partial charge in [0.2, 0.25) is 10.0 Å². The Morgan fingerprint density at radius 1 is 1.16 bits per heavy atom. The van der Waals surface area contributed by atoms with Crippen LogP contribution in [0.15, 0.2) is 17.0 Å². The van der Waals surface area contributed by atoms with E-state index < -0.39 is 10.0 Å². The van der Waals surface area contributed by atoms with Crippen LogP contribution in [0.5, 0.6) is 0 Å². The Labute approximate surface area is 116 Å². The number of benzene rings is 1. The van der Waals surface area contributed by atoms with E-state index in [0.717, 1.165) is 29.5 Å². The molecular formula is C15H23NO2S. The summed E-state index contributed by atoms with van der Waals surface area (Å²) in [6, 6.07) is 3.90. The van der Waals surface area contributed by atoms with Crippen LogP contribution < -0.4 is 0 Å². The van der Waals surface area contributed by atoms with Gasteiger partial charge in [0.1, 0.15) is 0 Å². The highest BCUT2D eigenvalue weighted by atomic mass is 32.2. The fourth-order valence-corrected chi connectivity index (χ4v) is 5.08. The van der Waals surface area contributed by atoms with Crippen LogP contribution in [0, 0.1) is 26.7 Å². The molecule has 0 N–H and O–H groups in total. The van der Waals surface area contributed by atoms with Gasteiger partial charge in [0.05, 0.1) is 4.90 Å². The number of sulfonamides is 1. The molecule has 0 radical (unpaired) electrons. The maximum Gasteiger partial charge on any atom is 0.243 e. The first-order valence-corrected chi connectivity index (χ1v) is 8.34. The molecule has 1 fully saturated rings. The predicted molar refractivity (Wildman–Crippen MR) is 77.8 cm³/mol. The predicted octanol–water partition coefficient (Wildman–Crippen LogP) is 3.03. The molecule has 1 aromatic rings. The van der Waals surface area contributed by atoms with Crippen molar-refractivity contribution in [3.8, 4) is 0 Å². The van der Waals surface area contributed by atoms with Crippen LogP contribution in [0.1, 0.15) is 36.5 Å². The Kier molecular flexibility index (Phi) is 4.02. The molecule has 4 heteroatoms. The second kappa shape index (κ2) is 5.25. The highest BCUT2D eigenvalue weighted by Gasteiger charge is 2.30. The van der Waals surface area contributed by atoms with E-state index >= 15 is 0 Å². The van der Waals surface area contributed by atoms with Crippen molar-refractivity contribution in [3.05, 3.63) is 28.8 Å². The van der Waals surface area contributed by atoms with Crippen molar-refractivity contribution in [2.45, 2.75) is 45.4 Å². The van der Waals surface area contributed by atoms with E-state index in [0.29, 0.717) is 23.9 Å². The summed E-state index contributed by atoms with van der Waals surface area (Å²) in [5.41, 5.74) is 2.83. The number of nitrogens with zero attached hydrogens (tertiary/aromatic N) is 1. The maximum atomic E-state index is 12.8. The van der Waals surface area contributed by atoms with E-state index in [1.807, 2.05) is 32.9 Å². The van der Waals surface area contributed by atoms with Gasteiger partial charge in [0.15, 0.2) is 0 Å². The lowest BCUT2D eigenvalue weighted by molar-refractivity contribution is 0.281. The molecule has 3 nitrogen and oxygen atoms in total. The first-order chi connectivity index (χ1) is 8.82. The van der Waals surface area contributed by atoms with Crippen molar-refractivity contribution in [2.75, 3.05) is 13.1 Å². The van der Waals surface area contributed by atoms with Gasteiger partial charge < -0.3 is 0 Å². The van der Waals surface area contributed by atoms with Gasteiger partial charge in [-0.15, -0.1) is 0 Å². The first kappa shape index (κ1) is 14.5. The molecule has 1 heterocycles. The number of aryl methyl sites for hydroxylation is 3. The summed E-state index contributed by atoms with van der Waals surface area (Å²) in [4.78, 5) is 0.507. The Morgan fingerprint density at radius 3 is 2.26 bits per heavy atom. The van der Waals surface area contributed by atoms with Crippen LogP contribution in [0.4, 0.5) is 0 Å². The monoisotopic (exact) mass is 281 g/mol. The lowest BCUT2D eigenvalue weighted by Crippen LogP contribution is -2.39. The van der Waals surface area contributed by atoms with Crippen LogP contribution in [-0.2, 0) is 10.0 Å². The Bertz CT molecular complexity index is 555. The minimum absolute atomic E-state index is 0.453. The Morgan fingerprint density at radius 2 is 1.74 bits per heavy atom. The SMILES string of the molecule is Cc1cc(C)c(S(=O)(=O)N2CCCC(C)C2)c(C)c1. The van der Waals surface area contributed by atoms with Crippen molar-refractivity contribution in [2.24, 2.45) is 5.92 Å². The number of rotatable bonds is 2. The molecule has 106 valence electrons. The number of piperidine rings is 1. The molecule has 1 aliphatic heterocycles. The molecule has 1 aliphatic rings. The maximum absolute atomic E-state index is 12.8. The molecular weight excluding hydrogens is 258 g/mol. The lowest BCUT2D eigenvalue weighted by atomic mass is 10.0. The third-order valence-corrected chi connectivity index (χ3v) is 5.99. The summed E-state index contributed by atoms with van der Waals surface area (Å²) >= 11 is 0. The van der Waals surface area contributed by atoms with Gasteiger partial charge in [-0.25, -0.2) is 8.42 Å². The average molecular weight is 281 g/mol. The summed E-state index contributed by atoms with van der Waals surface area (Å²) in [6.07, 6.45) is 2.09. The fourth-order valence-electron chi connectivity index (χ4n) is 3.07. The highest BCUT2D eigenvalue weighted by Crippen LogP contribution is 2.28. The molecule has 2 rings (SSSR count). The second-order valence-corrected chi connectivity index (χ2v) is 7.71. The molecule has 0 aromatic heterocycles. The molecule has 1 atom stereocenters. The fraction of sp³-hybridized carbons (Fsp3) is 0.600. The van der Waals surface area contributed by atoms with E-state index in [-0.39, 0.29) is 0 Å². The molecule has 0 saturated carbocycles. The van der Waals surface area contributed by atoms with E-state index in [1.165, 1.54) is 0 Å². The van der Waals surface area contributed by atoms with Crippen LogP contribution in [0.25, 0.3) is 0 Å². The van der Waals surface area contributed by atoms with Gasteiger partial charge in [-0.2, -0.15) is 4.31 Å². The van der Waals surface area contributed by atoms with Crippen LogP contribution in [0.3, 0.4) is 0 Å². The van der Waals surface area contributed by atoms with Crippen LogP contribution in [-0.4, -0.2) is 25.8 Å². The molecule has 0 bridgehead atoms. The average Bonchev–Trinajstić information content (AvgIpc) is 2.26.